The van der Waals surface area contributed by atoms with Crippen molar-refractivity contribution in [1.29, 1.82) is 0 Å². The van der Waals surface area contributed by atoms with Gasteiger partial charge in [-0.25, -0.2) is 4.57 Å². The largest absolute Gasteiger partial charge is 0.489 e. The van der Waals surface area contributed by atoms with Crippen LogP contribution in [0.4, 0.5) is 0 Å². The van der Waals surface area contributed by atoms with E-state index in [-0.39, 0.29) is 0 Å². The molecular weight excluding hydrogens is 439 g/mol. The zero-order chi connectivity index (χ0) is 23.8. The summed E-state index contributed by atoms with van der Waals surface area (Å²) in [6.07, 6.45) is 0. The van der Waals surface area contributed by atoms with Gasteiger partial charge in [-0.3, -0.25) is 0 Å². The first-order valence-electron chi connectivity index (χ1n) is 10.1. The van der Waals surface area contributed by atoms with Crippen LogP contribution in [-0.4, -0.2) is 14.7 Å². The molecule has 0 aromatic heterocycles. The Labute approximate surface area is 194 Å². The van der Waals surface area contributed by atoms with Gasteiger partial charge in [-0.2, -0.15) is 0 Å². The van der Waals surface area contributed by atoms with E-state index in [1.54, 1.807) is 0 Å². The van der Waals surface area contributed by atoms with Crippen LogP contribution >= 0.6 is 7.82 Å². The fraction of sp³-hybridized carbons (Fsp3) is 0.0769. The number of rotatable bonds is 6. The first-order chi connectivity index (χ1) is 15.9. The van der Waals surface area contributed by atoms with E-state index in [1.165, 1.54) is 11.1 Å². The molecule has 0 aliphatic carbocycles. The maximum Gasteiger partial charge on any atom is 0.466 e. The third kappa shape index (κ3) is 13.6. The average Bonchev–Trinajstić information content (AvgIpc) is 2.84. The van der Waals surface area contributed by atoms with Crippen molar-refractivity contribution in [2.24, 2.45) is 0 Å². The first-order valence-corrected chi connectivity index (χ1v) is 11.7. The lowest BCUT2D eigenvalue weighted by molar-refractivity contribution is 0.275. The Bertz CT molecular complexity index is 889. The summed E-state index contributed by atoms with van der Waals surface area (Å²) in [5, 5.41) is 0. The Morgan fingerprint density at radius 1 is 0.485 bits per heavy atom. The third-order valence-corrected chi connectivity index (χ3v) is 3.98. The molecule has 0 fully saturated rings. The molecule has 0 saturated carbocycles. The van der Waals surface area contributed by atoms with E-state index in [9.17, 15) is 0 Å². The van der Waals surface area contributed by atoms with E-state index in [4.69, 9.17) is 28.7 Å². The molecular formula is C26H27O6P. The van der Waals surface area contributed by atoms with Gasteiger partial charge in [0.25, 0.3) is 0 Å². The van der Waals surface area contributed by atoms with Crippen LogP contribution in [0.25, 0.3) is 0 Å². The van der Waals surface area contributed by atoms with Crippen molar-refractivity contribution in [2.75, 3.05) is 0 Å². The van der Waals surface area contributed by atoms with Crippen LogP contribution in [0.5, 0.6) is 11.5 Å². The first kappa shape index (κ1) is 25.8. The number of hydrogen-bond donors (Lipinski definition) is 3. The van der Waals surface area contributed by atoms with Crippen LogP contribution in [0.2, 0.25) is 0 Å². The van der Waals surface area contributed by atoms with Gasteiger partial charge in [0.05, 0.1) is 0 Å². The molecule has 0 heterocycles. The smallest absolute Gasteiger partial charge is 0.466 e. The highest BCUT2D eigenvalue weighted by Gasteiger charge is 2.00. The molecule has 4 aromatic rings. The van der Waals surface area contributed by atoms with Crippen molar-refractivity contribution in [3.63, 3.8) is 0 Å². The van der Waals surface area contributed by atoms with Gasteiger partial charge < -0.3 is 24.2 Å². The number of para-hydroxylation sites is 2. The fourth-order valence-corrected chi connectivity index (χ4v) is 2.52. The fourth-order valence-electron chi connectivity index (χ4n) is 2.52. The van der Waals surface area contributed by atoms with Crippen LogP contribution in [0.1, 0.15) is 11.1 Å². The van der Waals surface area contributed by atoms with Crippen LogP contribution in [-0.2, 0) is 17.8 Å². The van der Waals surface area contributed by atoms with Gasteiger partial charge in [0.15, 0.2) is 0 Å². The number of ether oxygens (including phenoxy) is 2. The van der Waals surface area contributed by atoms with Gasteiger partial charge in [-0.1, -0.05) is 97.1 Å². The summed E-state index contributed by atoms with van der Waals surface area (Å²) in [6, 6.07) is 40.0. The quantitative estimate of drug-likeness (QED) is 0.320. The predicted molar refractivity (Wildman–Crippen MR) is 129 cm³/mol. The van der Waals surface area contributed by atoms with Crippen LogP contribution in [0, 0.1) is 0 Å². The minimum absolute atomic E-state index is 0.630. The standard InChI is InChI=1S/2C13H12O.H3O4P/c2*1-3-7-12(8-4-1)11-14-13-9-5-2-6-10-13;1-5(2,3)4/h2*1-10H,11H2;(H3,1,2,3,4). The highest BCUT2D eigenvalue weighted by Crippen LogP contribution is 2.25. The van der Waals surface area contributed by atoms with Crippen molar-refractivity contribution < 1.29 is 28.7 Å². The average molecular weight is 466 g/mol. The van der Waals surface area contributed by atoms with Gasteiger partial charge in [0.2, 0.25) is 0 Å². The van der Waals surface area contributed by atoms with Gasteiger partial charge in [0.1, 0.15) is 24.7 Å². The molecule has 172 valence electrons. The molecule has 4 rings (SSSR count). The summed E-state index contributed by atoms with van der Waals surface area (Å²) in [4.78, 5) is 21.6. The molecule has 0 radical (unpaired) electrons. The Balaban J connectivity index is 0.000000195. The summed E-state index contributed by atoms with van der Waals surface area (Å²) in [5.41, 5.74) is 2.38. The summed E-state index contributed by atoms with van der Waals surface area (Å²) < 4.78 is 20.1. The molecule has 6 nitrogen and oxygen atoms in total. The van der Waals surface area contributed by atoms with Crippen LogP contribution in [0.15, 0.2) is 121 Å². The van der Waals surface area contributed by atoms with E-state index in [0.29, 0.717) is 13.2 Å². The van der Waals surface area contributed by atoms with Gasteiger partial charge in [0, 0.05) is 0 Å². The molecule has 0 unspecified atom stereocenters. The number of phosphoric acid groups is 1. The molecule has 0 bridgehead atoms. The second-order valence-corrected chi connectivity index (χ2v) is 7.71. The lowest BCUT2D eigenvalue weighted by Crippen LogP contribution is -1.94. The van der Waals surface area contributed by atoms with Gasteiger partial charge in [-0.05, 0) is 35.4 Å². The maximum atomic E-state index is 8.88. The van der Waals surface area contributed by atoms with E-state index >= 15 is 0 Å². The Kier molecular flexibility index (Phi) is 11.4. The van der Waals surface area contributed by atoms with Crippen molar-refractivity contribution in [1.82, 2.24) is 0 Å². The Morgan fingerprint density at radius 2 is 0.727 bits per heavy atom. The Morgan fingerprint density at radius 3 is 1.00 bits per heavy atom. The monoisotopic (exact) mass is 466 g/mol. The van der Waals surface area contributed by atoms with E-state index in [2.05, 4.69) is 24.3 Å². The molecule has 33 heavy (non-hydrogen) atoms. The molecule has 0 saturated heterocycles. The van der Waals surface area contributed by atoms with Gasteiger partial charge >= 0.3 is 7.82 Å². The Hall–Kier alpha value is -3.41. The number of hydrogen-bond acceptors (Lipinski definition) is 3. The summed E-state index contributed by atoms with van der Waals surface area (Å²) in [6.45, 7) is 1.26. The maximum absolute atomic E-state index is 8.88. The highest BCUT2D eigenvalue weighted by atomic mass is 31.2. The predicted octanol–water partition coefficient (Wildman–Crippen LogP) is 5.60. The summed E-state index contributed by atoms with van der Waals surface area (Å²) >= 11 is 0. The summed E-state index contributed by atoms with van der Waals surface area (Å²) in [7, 11) is -4.64. The topological polar surface area (TPSA) is 96.2 Å². The normalized spacial score (nSPS) is 10.0. The minimum Gasteiger partial charge on any atom is -0.489 e. The lowest BCUT2D eigenvalue weighted by Gasteiger charge is -2.05. The number of benzene rings is 4. The zero-order valence-corrected chi connectivity index (χ0v) is 18.9. The van der Waals surface area contributed by atoms with Crippen LogP contribution < -0.4 is 9.47 Å². The highest BCUT2D eigenvalue weighted by molar-refractivity contribution is 7.45. The molecule has 7 heteroatoms. The molecule has 0 aliphatic heterocycles. The van der Waals surface area contributed by atoms with Crippen molar-refractivity contribution in [2.45, 2.75) is 13.2 Å². The molecule has 0 atom stereocenters. The van der Waals surface area contributed by atoms with Gasteiger partial charge in [-0.15, -0.1) is 0 Å². The molecule has 0 amide bonds. The third-order valence-electron chi connectivity index (χ3n) is 3.98. The SMILES string of the molecule is O=P(O)(O)O.c1ccc(COc2ccccc2)cc1.c1ccc(COc2ccccc2)cc1. The lowest BCUT2D eigenvalue weighted by atomic mass is 10.2. The second kappa shape index (κ2) is 14.6. The molecule has 0 aliphatic rings. The van der Waals surface area contributed by atoms with E-state index in [0.717, 1.165) is 11.5 Å². The van der Waals surface area contributed by atoms with E-state index in [1.807, 2.05) is 97.1 Å². The minimum atomic E-state index is -4.64. The van der Waals surface area contributed by atoms with Crippen LogP contribution in [0.3, 0.4) is 0 Å². The summed E-state index contributed by atoms with van der Waals surface area (Å²) in [5.74, 6) is 1.83. The van der Waals surface area contributed by atoms with Crippen molar-refractivity contribution in [3.05, 3.63) is 132 Å². The second-order valence-electron chi connectivity index (χ2n) is 6.69. The molecule has 3 N–H and O–H groups in total. The van der Waals surface area contributed by atoms with Crippen molar-refractivity contribution in [3.8, 4) is 11.5 Å². The molecule has 4 aromatic carbocycles. The van der Waals surface area contributed by atoms with E-state index < -0.39 is 7.82 Å². The molecule has 0 spiro atoms. The zero-order valence-electron chi connectivity index (χ0n) is 18.0. The van der Waals surface area contributed by atoms with Crippen molar-refractivity contribution >= 4 is 7.82 Å².